The molecule has 2 aromatic carbocycles. The molecule has 0 aliphatic rings. The summed E-state index contributed by atoms with van der Waals surface area (Å²) >= 11 is 0. The fourth-order valence-corrected chi connectivity index (χ4v) is 4.95. The number of carbonyl (C=O) groups is 2. The molecule has 2 aromatic rings. The Morgan fingerprint density at radius 3 is 2.34 bits per heavy atom. The molecule has 0 bridgehead atoms. The van der Waals surface area contributed by atoms with Crippen molar-refractivity contribution in [2.45, 2.75) is 59.4 Å². The molecular weight excluding hydrogens is 462 g/mol. The number of nitrogens with one attached hydrogen (secondary N) is 1. The van der Waals surface area contributed by atoms with E-state index < -0.39 is 16.1 Å². The van der Waals surface area contributed by atoms with Gasteiger partial charge in [0.2, 0.25) is 21.8 Å². The van der Waals surface area contributed by atoms with Gasteiger partial charge in [-0.05, 0) is 62.8 Å². The number of hydrogen-bond donors (Lipinski definition) is 1. The summed E-state index contributed by atoms with van der Waals surface area (Å²) in [5, 5.41) is 2.87. The minimum atomic E-state index is -3.52. The van der Waals surface area contributed by atoms with Crippen molar-refractivity contribution in [1.82, 2.24) is 10.2 Å². The minimum absolute atomic E-state index is 0.150. The first kappa shape index (κ1) is 28.4. The lowest BCUT2D eigenvalue weighted by Crippen LogP contribution is -2.49. The van der Waals surface area contributed by atoms with E-state index >= 15 is 0 Å². The standard InChI is InChI=1S/C27H39N3O4S/c1-6-17-28-27(32)23(4)29(19-16-24-11-8-7-9-12-24)26(31)13-10-18-30(35(5,33)34)25-20-21(2)14-15-22(25)3/h7-9,11-12,14-15,20,23H,6,10,13,16-19H2,1-5H3,(H,28,32)/t23-/m1/s1. The van der Waals surface area contributed by atoms with Gasteiger partial charge in [0.15, 0.2) is 0 Å². The Morgan fingerprint density at radius 2 is 1.71 bits per heavy atom. The number of nitrogens with zero attached hydrogens (tertiary/aromatic N) is 2. The molecule has 2 amide bonds. The second kappa shape index (κ2) is 13.3. The molecule has 8 heteroatoms. The van der Waals surface area contributed by atoms with Crippen molar-refractivity contribution >= 4 is 27.5 Å². The SMILES string of the molecule is CCCNC(=O)[C@@H](C)N(CCc1ccccc1)C(=O)CCCN(c1cc(C)ccc1C)S(C)(=O)=O. The molecule has 0 fully saturated rings. The number of aryl methyl sites for hydroxylation is 2. The van der Waals surface area contributed by atoms with Crippen LogP contribution in [-0.2, 0) is 26.0 Å². The van der Waals surface area contributed by atoms with Crippen LogP contribution in [0.2, 0.25) is 0 Å². The number of sulfonamides is 1. The van der Waals surface area contributed by atoms with Crippen molar-refractivity contribution in [2.75, 3.05) is 30.2 Å². The molecular formula is C27H39N3O4S. The van der Waals surface area contributed by atoms with E-state index in [1.165, 1.54) is 10.6 Å². The zero-order valence-electron chi connectivity index (χ0n) is 21.6. The van der Waals surface area contributed by atoms with Gasteiger partial charge < -0.3 is 10.2 Å². The van der Waals surface area contributed by atoms with Gasteiger partial charge >= 0.3 is 0 Å². The van der Waals surface area contributed by atoms with Gasteiger partial charge in [0.25, 0.3) is 0 Å². The van der Waals surface area contributed by atoms with Crippen LogP contribution in [0.15, 0.2) is 48.5 Å². The Kier molecular flexibility index (Phi) is 10.8. The van der Waals surface area contributed by atoms with Crippen LogP contribution in [-0.4, -0.2) is 57.1 Å². The summed E-state index contributed by atoms with van der Waals surface area (Å²) in [7, 11) is -3.52. The molecule has 192 valence electrons. The molecule has 7 nitrogen and oxygen atoms in total. The summed E-state index contributed by atoms with van der Waals surface area (Å²) in [6.07, 6.45) is 3.14. The van der Waals surface area contributed by atoms with E-state index in [9.17, 15) is 18.0 Å². The van der Waals surface area contributed by atoms with E-state index in [0.717, 1.165) is 23.1 Å². The number of hydrogen-bond acceptors (Lipinski definition) is 4. The third-order valence-electron chi connectivity index (χ3n) is 5.99. The molecule has 0 aromatic heterocycles. The van der Waals surface area contributed by atoms with Gasteiger partial charge in [-0.1, -0.05) is 49.4 Å². The molecule has 1 N–H and O–H groups in total. The third-order valence-corrected chi connectivity index (χ3v) is 7.17. The molecule has 0 unspecified atom stereocenters. The Labute approximate surface area is 210 Å². The maximum Gasteiger partial charge on any atom is 0.242 e. The third kappa shape index (κ3) is 8.69. The minimum Gasteiger partial charge on any atom is -0.354 e. The van der Waals surface area contributed by atoms with Crippen LogP contribution in [0.25, 0.3) is 0 Å². The Bertz CT molecular complexity index is 1090. The number of carbonyl (C=O) groups excluding carboxylic acids is 2. The highest BCUT2D eigenvalue weighted by Crippen LogP contribution is 2.24. The van der Waals surface area contributed by atoms with Gasteiger partial charge in [-0.3, -0.25) is 13.9 Å². The highest BCUT2D eigenvalue weighted by atomic mass is 32.2. The molecule has 0 aliphatic carbocycles. The Balaban J connectivity index is 2.13. The number of anilines is 1. The van der Waals surface area contributed by atoms with Gasteiger partial charge in [-0.15, -0.1) is 0 Å². The van der Waals surface area contributed by atoms with Crippen LogP contribution in [0.5, 0.6) is 0 Å². The monoisotopic (exact) mass is 501 g/mol. The van der Waals surface area contributed by atoms with Gasteiger partial charge in [0, 0.05) is 26.1 Å². The molecule has 2 rings (SSSR count). The topological polar surface area (TPSA) is 86.8 Å². The molecule has 0 radical (unpaired) electrons. The van der Waals surface area contributed by atoms with Crippen LogP contribution in [0, 0.1) is 13.8 Å². The van der Waals surface area contributed by atoms with Crippen molar-refractivity contribution in [1.29, 1.82) is 0 Å². The number of rotatable bonds is 13. The molecule has 0 saturated carbocycles. The molecule has 35 heavy (non-hydrogen) atoms. The lowest BCUT2D eigenvalue weighted by molar-refractivity contribution is -0.139. The molecule has 0 saturated heterocycles. The van der Waals surface area contributed by atoms with Crippen molar-refractivity contribution in [3.8, 4) is 0 Å². The highest BCUT2D eigenvalue weighted by Gasteiger charge is 2.26. The smallest absolute Gasteiger partial charge is 0.242 e. The number of benzene rings is 2. The lowest BCUT2D eigenvalue weighted by atomic mass is 10.1. The maximum atomic E-state index is 13.3. The molecule has 0 spiro atoms. The zero-order chi connectivity index (χ0) is 26.0. The van der Waals surface area contributed by atoms with E-state index in [-0.39, 0.29) is 24.8 Å². The maximum absolute atomic E-state index is 13.3. The van der Waals surface area contributed by atoms with Crippen LogP contribution < -0.4 is 9.62 Å². The average molecular weight is 502 g/mol. The summed E-state index contributed by atoms with van der Waals surface area (Å²) in [5.74, 6) is -0.337. The second-order valence-electron chi connectivity index (χ2n) is 9.02. The summed E-state index contributed by atoms with van der Waals surface area (Å²) in [4.78, 5) is 27.5. The van der Waals surface area contributed by atoms with Crippen molar-refractivity contribution < 1.29 is 18.0 Å². The molecule has 0 aliphatic heterocycles. The predicted octanol–water partition coefficient (Wildman–Crippen LogP) is 3.84. The summed E-state index contributed by atoms with van der Waals surface area (Å²) in [6, 6.07) is 14.9. The Hall–Kier alpha value is -2.87. The van der Waals surface area contributed by atoms with E-state index in [0.29, 0.717) is 31.6 Å². The van der Waals surface area contributed by atoms with Gasteiger partial charge in [-0.2, -0.15) is 0 Å². The molecule has 1 atom stereocenters. The van der Waals surface area contributed by atoms with Gasteiger partial charge in [-0.25, -0.2) is 8.42 Å². The summed E-state index contributed by atoms with van der Waals surface area (Å²) in [5.41, 5.74) is 3.55. The zero-order valence-corrected chi connectivity index (χ0v) is 22.4. The first-order valence-corrected chi connectivity index (χ1v) is 14.1. The normalized spacial score (nSPS) is 12.1. The van der Waals surface area contributed by atoms with E-state index in [2.05, 4.69) is 5.32 Å². The van der Waals surface area contributed by atoms with E-state index in [4.69, 9.17) is 0 Å². The summed E-state index contributed by atoms with van der Waals surface area (Å²) in [6.45, 7) is 8.68. The number of amides is 2. The van der Waals surface area contributed by atoms with Crippen molar-refractivity contribution in [3.63, 3.8) is 0 Å². The predicted molar refractivity (Wildman–Crippen MR) is 142 cm³/mol. The van der Waals surface area contributed by atoms with Crippen molar-refractivity contribution in [2.24, 2.45) is 0 Å². The van der Waals surface area contributed by atoms with E-state index in [1.54, 1.807) is 11.8 Å². The largest absolute Gasteiger partial charge is 0.354 e. The molecule has 0 heterocycles. The fraction of sp³-hybridized carbons (Fsp3) is 0.481. The second-order valence-corrected chi connectivity index (χ2v) is 10.9. The van der Waals surface area contributed by atoms with Crippen LogP contribution in [0.4, 0.5) is 5.69 Å². The summed E-state index contributed by atoms with van der Waals surface area (Å²) < 4.78 is 26.4. The first-order chi connectivity index (χ1) is 16.5. The highest BCUT2D eigenvalue weighted by molar-refractivity contribution is 7.92. The van der Waals surface area contributed by atoms with Crippen LogP contribution in [0.3, 0.4) is 0 Å². The van der Waals surface area contributed by atoms with Crippen molar-refractivity contribution in [3.05, 3.63) is 65.2 Å². The quantitative estimate of drug-likeness (QED) is 0.452. The van der Waals surface area contributed by atoms with E-state index in [1.807, 2.05) is 69.3 Å². The average Bonchev–Trinajstić information content (AvgIpc) is 2.81. The van der Waals surface area contributed by atoms with Crippen LogP contribution in [0.1, 0.15) is 49.8 Å². The first-order valence-electron chi connectivity index (χ1n) is 12.2. The Morgan fingerprint density at radius 1 is 1.03 bits per heavy atom. The lowest BCUT2D eigenvalue weighted by Gasteiger charge is -2.29. The fourth-order valence-electron chi connectivity index (χ4n) is 3.94. The van der Waals surface area contributed by atoms with Crippen LogP contribution >= 0.6 is 0 Å². The van der Waals surface area contributed by atoms with Gasteiger partial charge in [0.05, 0.1) is 11.9 Å². The van der Waals surface area contributed by atoms with Gasteiger partial charge in [0.1, 0.15) is 6.04 Å².